The van der Waals surface area contributed by atoms with Gasteiger partial charge >= 0.3 is 0 Å². The fraction of sp³-hybridized carbons (Fsp3) is 0.400. The number of likely N-dealkylation sites (N-methyl/N-ethyl adjacent to an activating group) is 1. The van der Waals surface area contributed by atoms with Crippen molar-refractivity contribution in [3.8, 4) is 0 Å². The van der Waals surface area contributed by atoms with Crippen LogP contribution in [0, 0.1) is 0 Å². The van der Waals surface area contributed by atoms with Crippen molar-refractivity contribution >= 4 is 0 Å². The lowest BCUT2D eigenvalue weighted by Crippen LogP contribution is -2.20. The lowest BCUT2D eigenvalue weighted by Gasteiger charge is -2.17. The molecule has 0 radical (unpaired) electrons. The molecule has 1 atom stereocenters. The van der Waals surface area contributed by atoms with Gasteiger partial charge in [0.05, 0.1) is 0 Å². The first-order chi connectivity index (χ1) is 8.85. The minimum atomic E-state index is 0.323. The molecule has 96 valence electrons. The van der Waals surface area contributed by atoms with Crippen molar-refractivity contribution < 1.29 is 0 Å². The molecule has 0 bridgehead atoms. The van der Waals surface area contributed by atoms with Crippen LogP contribution in [0.2, 0.25) is 0 Å². The highest BCUT2D eigenvalue weighted by Gasteiger charge is 2.12. The van der Waals surface area contributed by atoms with E-state index in [-0.39, 0.29) is 0 Å². The van der Waals surface area contributed by atoms with E-state index in [1.54, 1.807) is 0 Å². The Labute approximate surface area is 109 Å². The summed E-state index contributed by atoms with van der Waals surface area (Å²) in [6.07, 6.45) is 6.02. The molecular weight excluding hydrogens is 222 g/mol. The van der Waals surface area contributed by atoms with Gasteiger partial charge < -0.3 is 9.88 Å². The number of imidazole rings is 1. The Hall–Kier alpha value is -1.61. The second-order valence-corrected chi connectivity index (χ2v) is 4.49. The molecule has 2 aromatic rings. The molecule has 3 nitrogen and oxygen atoms in total. The summed E-state index contributed by atoms with van der Waals surface area (Å²) in [5, 5.41) is 3.37. The van der Waals surface area contributed by atoms with Gasteiger partial charge in [-0.05, 0) is 19.0 Å². The number of rotatable bonds is 6. The molecule has 1 unspecified atom stereocenters. The van der Waals surface area contributed by atoms with Gasteiger partial charge in [0, 0.05) is 31.4 Å². The van der Waals surface area contributed by atoms with Crippen molar-refractivity contribution in [2.24, 2.45) is 0 Å². The minimum Gasteiger partial charge on any atom is -0.335 e. The SMILES string of the molecule is CCCn1ccnc1CC(NC)c1ccccc1. The Bertz CT molecular complexity index is 462. The summed E-state index contributed by atoms with van der Waals surface area (Å²) in [6.45, 7) is 3.23. The molecule has 2 rings (SSSR count). The zero-order valence-corrected chi connectivity index (χ0v) is 11.1. The van der Waals surface area contributed by atoms with Gasteiger partial charge in [-0.15, -0.1) is 0 Å². The van der Waals surface area contributed by atoms with E-state index < -0.39 is 0 Å². The fourth-order valence-corrected chi connectivity index (χ4v) is 2.23. The summed E-state index contributed by atoms with van der Waals surface area (Å²) in [5.41, 5.74) is 1.31. The normalized spacial score (nSPS) is 12.6. The van der Waals surface area contributed by atoms with Crippen LogP contribution in [-0.4, -0.2) is 16.6 Å². The summed E-state index contributed by atoms with van der Waals surface area (Å²) in [4.78, 5) is 4.47. The standard InChI is InChI=1S/C15H21N3/c1-3-10-18-11-9-17-15(18)12-14(16-2)13-7-5-4-6-8-13/h4-9,11,14,16H,3,10,12H2,1-2H3. The van der Waals surface area contributed by atoms with Crippen LogP contribution in [0.4, 0.5) is 0 Å². The maximum atomic E-state index is 4.47. The molecule has 1 aromatic carbocycles. The highest BCUT2D eigenvalue weighted by atomic mass is 15.1. The van der Waals surface area contributed by atoms with E-state index in [0.717, 1.165) is 25.2 Å². The summed E-state index contributed by atoms with van der Waals surface area (Å²) >= 11 is 0. The first kappa shape index (κ1) is 12.8. The van der Waals surface area contributed by atoms with Gasteiger partial charge in [0.1, 0.15) is 5.82 Å². The summed E-state index contributed by atoms with van der Waals surface area (Å²) in [6, 6.07) is 10.9. The number of nitrogens with zero attached hydrogens (tertiary/aromatic N) is 2. The average molecular weight is 243 g/mol. The third-order valence-corrected chi connectivity index (χ3v) is 3.20. The molecule has 0 amide bonds. The molecule has 3 heteroatoms. The van der Waals surface area contributed by atoms with Gasteiger partial charge in [-0.2, -0.15) is 0 Å². The lowest BCUT2D eigenvalue weighted by atomic mass is 10.0. The molecule has 0 aliphatic rings. The molecule has 0 aliphatic carbocycles. The number of hydrogen-bond donors (Lipinski definition) is 1. The van der Waals surface area contributed by atoms with Crippen LogP contribution in [0.15, 0.2) is 42.7 Å². The predicted octanol–water partition coefficient (Wildman–Crippen LogP) is 2.80. The van der Waals surface area contributed by atoms with Crippen LogP contribution in [0.1, 0.15) is 30.8 Å². The number of benzene rings is 1. The van der Waals surface area contributed by atoms with Gasteiger partial charge in [0.2, 0.25) is 0 Å². The van der Waals surface area contributed by atoms with Gasteiger partial charge in [-0.3, -0.25) is 0 Å². The number of hydrogen-bond acceptors (Lipinski definition) is 2. The Morgan fingerprint density at radius 3 is 2.72 bits per heavy atom. The molecule has 1 N–H and O–H groups in total. The van der Waals surface area contributed by atoms with Crippen LogP contribution < -0.4 is 5.32 Å². The van der Waals surface area contributed by atoms with E-state index in [1.165, 1.54) is 5.56 Å². The van der Waals surface area contributed by atoms with Crippen molar-refractivity contribution in [2.75, 3.05) is 7.05 Å². The molecule has 0 fully saturated rings. The van der Waals surface area contributed by atoms with Gasteiger partial charge in [0.15, 0.2) is 0 Å². The molecule has 0 aliphatic heterocycles. The molecule has 1 heterocycles. The van der Waals surface area contributed by atoms with Crippen LogP contribution in [-0.2, 0) is 13.0 Å². The first-order valence-corrected chi connectivity index (χ1v) is 6.57. The third-order valence-electron chi connectivity index (χ3n) is 3.20. The Morgan fingerprint density at radius 2 is 2.06 bits per heavy atom. The number of aromatic nitrogens is 2. The summed E-state index contributed by atoms with van der Waals surface area (Å²) < 4.78 is 2.24. The summed E-state index contributed by atoms with van der Waals surface area (Å²) in [7, 11) is 2.00. The maximum Gasteiger partial charge on any atom is 0.110 e. The quantitative estimate of drug-likeness (QED) is 0.845. The van der Waals surface area contributed by atoms with Crippen molar-refractivity contribution in [3.05, 3.63) is 54.1 Å². The predicted molar refractivity (Wildman–Crippen MR) is 74.5 cm³/mol. The summed E-state index contributed by atoms with van der Waals surface area (Å²) in [5.74, 6) is 1.15. The minimum absolute atomic E-state index is 0.323. The average Bonchev–Trinajstić information content (AvgIpc) is 2.85. The molecule has 0 spiro atoms. The van der Waals surface area contributed by atoms with Crippen molar-refractivity contribution in [2.45, 2.75) is 32.4 Å². The zero-order chi connectivity index (χ0) is 12.8. The second kappa shape index (κ2) is 6.36. The van der Waals surface area contributed by atoms with Crippen LogP contribution >= 0.6 is 0 Å². The maximum absolute atomic E-state index is 4.47. The lowest BCUT2D eigenvalue weighted by molar-refractivity contribution is 0.543. The molecule has 0 saturated heterocycles. The fourth-order valence-electron chi connectivity index (χ4n) is 2.23. The second-order valence-electron chi connectivity index (χ2n) is 4.49. The highest BCUT2D eigenvalue weighted by molar-refractivity contribution is 5.20. The largest absolute Gasteiger partial charge is 0.335 e. The smallest absolute Gasteiger partial charge is 0.110 e. The van der Waals surface area contributed by atoms with Gasteiger partial charge in [0.25, 0.3) is 0 Å². The Balaban J connectivity index is 2.13. The Morgan fingerprint density at radius 1 is 1.28 bits per heavy atom. The Kier molecular flexibility index (Phi) is 4.53. The molecule has 0 saturated carbocycles. The highest BCUT2D eigenvalue weighted by Crippen LogP contribution is 2.17. The van der Waals surface area contributed by atoms with E-state index >= 15 is 0 Å². The van der Waals surface area contributed by atoms with Crippen LogP contribution in [0.5, 0.6) is 0 Å². The van der Waals surface area contributed by atoms with Crippen molar-refractivity contribution in [1.82, 2.24) is 14.9 Å². The third kappa shape index (κ3) is 2.99. The molecule has 1 aromatic heterocycles. The number of aryl methyl sites for hydroxylation is 1. The van der Waals surface area contributed by atoms with E-state index in [1.807, 2.05) is 19.3 Å². The van der Waals surface area contributed by atoms with E-state index in [2.05, 4.69) is 52.3 Å². The van der Waals surface area contributed by atoms with Crippen molar-refractivity contribution in [3.63, 3.8) is 0 Å². The van der Waals surface area contributed by atoms with E-state index in [4.69, 9.17) is 0 Å². The van der Waals surface area contributed by atoms with Gasteiger partial charge in [-0.1, -0.05) is 37.3 Å². The van der Waals surface area contributed by atoms with Crippen LogP contribution in [0.25, 0.3) is 0 Å². The zero-order valence-electron chi connectivity index (χ0n) is 11.1. The molecule has 18 heavy (non-hydrogen) atoms. The van der Waals surface area contributed by atoms with Crippen LogP contribution in [0.3, 0.4) is 0 Å². The number of nitrogens with one attached hydrogen (secondary N) is 1. The van der Waals surface area contributed by atoms with Crippen molar-refractivity contribution in [1.29, 1.82) is 0 Å². The van der Waals surface area contributed by atoms with E-state index in [9.17, 15) is 0 Å². The first-order valence-electron chi connectivity index (χ1n) is 6.57. The monoisotopic (exact) mass is 243 g/mol. The topological polar surface area (TPSA) is 29.9 Å². The van der Waals surface area contributed by atoms with E-state index in [0.29, 0.717) is 6.04 Å². The van der Waals surface area contributed by atoms with Gasteiger partial charge in [-0.25, -0.2) is 4.98 Å². The molecular formula is C15H21N3.